The van der Waals surface area contributed by atoms with Crippen molar-refractivity contribution in [1.29, 1.82) is 0 Å². The molecule has 0 aliphatic carbocycles. The Balaban J connectivity index is 1.56. The zero-order chi connectivity index (χ0) is 12.6. The molecule has 2 aliphatic heterocycles. The Hall–Kier alpha value is -0.940. The molecule has 2 fully saturated rings. The molecule has 18 heavy (non-hydrogen) atoms. The van der Waals surface area contributed by atoms with E-state index in [1.807, 2.05) is 23.6 Å². The van der Waals surface area contributed by atoms with Gasteiger partial charge in [0, 0.05) is 25.4 Å². The van der Waals surface area contributed by atoms with Crippen molar-refractivity contribution in [2.24, 2.45) is 0 Å². The molecular formula is C13H17NO3S. The monoisotopic (exact) mass is 267 g/mol. The van der Waals surface area contributed by atoms with Crippen LogP contribution in [0.1, 0.15) is 23.9 Å². The molecule has 0 bridgehead atoms. The molecule has 0 saturated carbocycles. The van der Waals surface area contributed by atoms with Gasteiger partial charge in [-0.2, -0.15) is 0 Å². The van der Waals surface area contributed by atoms with E-state index in [4.69, 9.17) is 9.15 Å². The number of carbonyl (C=O) groups is 1. The lowest BCUT2D eigenvalue weighted by molar-refractivity contribution is 0.0340. The molecule has 3 heterocycles. The number of nitrogens with zero attached hydrogens (tertiary/aromatic N) is 1. The molecule has 0 N–H and O–H groups in total. The maximum atomic E-state index is 12.0. The van der Waals surface area contributed by atoms with Crippen LogP contribution < -0.4 is 0 Å². The first kappa shape index (κ1) is 12.1. The van der Waals surface area contributed by atoms with Gasteiger partial charge in [0.2, 0.25) is 0 Å². The first-order valence-electron chi connectivity index (χ1n) is 6.31. The molecule has 5 heteroatoms. The van der Waals surface area contributed by atoms with Crippen molar-refractivity contribution < 1.29 is 13.9 Å². The third-order valence-corrected chi connectivity index (χ3v) is 5.13. The lowest BCUT2D eigenvalue weighted by Crippen LogP contribution is -2.60. The molecule has 1 amide bonds. The minimum Gasteiger partial charge on any atom is -0.459 e. The maximum absolute atomic E-state index is 12.0. The zero-order valence-corrected chi connectivity index (χ0v) is 11.2. The molecule has 4 nitrogen and oxygen atoms in total. The highest BCUT2D eigenvalue weighted by Crippen LogP contribution is 2.46. The van der Waals surface area contributed by atoms with Crippen LogP contribution in [-0.4, -0.2) is 47.1 Å². The Morgan fingerprint density at radius 3 is 3.17 bits per heavy atom. The maximum Gasteiger partial charge on any atom is 0.289 e. The van der Waals surface area contributed by atoms with Gasteiger partial charge in [-0.15, -0.1) is 11.8 Å². The van der Waals surface area contributed by atoms with Gasteiger partial charge in [-0.3, -0.25) is 4.79 Å². The number of furan rings is 1. The number of carbonyl (C=O) groups excluding carboxylic acids is 1. The van der Waals surface area contributed by atoms with Gasteiger partial charge in [0.05, 0.1) is 17.1 Å². The van der Waals surface area contributed by atoms with E-state index in [2.05, 4.69) is 0 Å². The van der Waals surface area contributed by atoms with Crippen LogP contribution in [-0.2, 0) is 4.74 Å². The fraction of sp³-hybridized carbons (Fsp3) is 0.615. The van der Waals surface area contributed by atoms with Gasteiger partial charge in [-0.05, 0) is 25.5 Å². The lowest BCUT2D eigenvalue weighted by atomic mass is 9.92. The average molecular weight is 267 g/mol. The molecule has 1 aromatic heterocycles. The smallest absolute Gasteiger partial charge is 0.289 e. The third-order valence-electron chi connectivity index (χ3n) is 3.55. The molecule has 2 aliphatic rings. The normalized spacial score (nSPS) is 25.4. The van der Waals surface area contributed by atoms with Crippen LogP contribution in [0.2, 0.25) is 0 Å². The average Bonchev–Trinajstić information content (AvgIpc) is 2.95. The zero-order valence-electron chi connectivity index (χ0n) is 10.4. The van der Waals surface area contributed by atoms with Gasteiger partial charge in [-0.1, -0.05) is 0 Å². The summed E-state index contributed by atoms with van der Waals surface area (Å²) < 4.78 is 11.0. The molecule has 98 valence electrons. The van der Waals surface area contributed by atoms with Crippen molar-refractivity contribution in [3.05, 3.63) is 24.2 Å². The predicted octanol–water partition coefficient (Wildman–Crippen LogP) is 2.02. The number of amides is 1. The van der Waals surface area contributed by atoms with E-state index in [1.165, 1.54) is 6.26 Å². The highest BCUT2D eigenvalue weighted by molar-refractivity contribution is 8.01. The number of ether oxygens (including phenoxy) is 1. The topological polar surface area (TPSA) is 42.7 Å². The van der Waals surface area contributed by atoms with Crippen molar-refractivity contribution in [2.45, 2.75) is 24.2 Å². The standard InChI is InChI=1S/C13H17NO3S/c1-2-16-10-6-13(18-7-10)8-14(9-13)12(15)11-4-3-5-17-11/h3-5,10H,2,6-9H2,1H3. The predicted molar refractivity (Wildman–Crippen MR) is 69.8 cm³/mol. The van der Waals surface area contributed by atoms with E-state index >= 15 is 0 Å². The van der Waals surface area contributed by atoms with Crippen LogP contribution in [0.4, 0.5) is 0 Å². The largest absolute Gasteiger partial charge is 0.459 e. The number of likely N-dealkylation sites (tertiary alicyclic amines) is 1. The second-order valence-corrected chi connectivity index (χ2v) is 6.40. The van der Waals surface area contributed by atoms with Crippen molar-refractivity contribution in [1.82, 2.24) is 4.90 Å². The number of rotatable bonds is 3. The number of thioether (sulfide) groups is 1. The minimum atomic E-state index is 0.00563. The van der Waals surface area contributed by atoms with E-state index < -0.39 is 0 Å². The Morgan fingerprint density at radius 2 is 2.50 bits per heavy atom. The second-order valence-electron chi connectivity index (χ2n) is 4.91. The summed E-state index contributed by atoms with van der Waals surface area (Å²) in [5.41, 5.74) is 0. The van der Waals surface area contributed by atoms with Crippen LogP contribution >= 0.6 is 11.8 Å². The van der Waals surface area contributed by atoms with Gasteiger partial charge in [0.1, 0.15) is 0 Å². The van der Waals surface area contributed by atoms with Gasteiger partial charge >= 0.3 is 0 Å². The molecule has 1 unspecified atom stereocenters. The third kappa shape index (κ3) is 2.06. The molecule has 1 atom stereocenters. The van der Waals surface area contributed by atoms with Crippen molar-refractivity contribution >= 4 is 17.7 Å². The van der Waals surface area contributed by atoms with E-state index in [0.29, 0.717) is 11.9 Å². The molecule has 2 saturated heterocycles. The summed E-state index contributed by atoms with van der Waals surface area (Å²) in [6, 6.07) is 3.47. The number of hydrogen-bond donors (Lipinski definition) is 0. The summed E-state index contributed by atoms with van der Waals surface area (Å²) in [5, 5.41) is 0. The van der Waals surface area contributed by atoms with Crippen molar-refractivity contribution in [3.63, 3.8) is 0 Å². The minimum absolute atomic E-state index is 0.00563. The van der Waals surface area contributed by atoms with Crippen LogP contribution in [0.25, 0.3) is 0 Å². The fourth-order valence-corrected chi connectivity index (χ4v) is 4.27. The lowest BCUT2D eigenvalue weighted by Gasteiger charge is -2.47. The molecular weight excluding hydrogens is 250 g/mol. The van der Waals surface area contributed by atoms with Crippen molar-refractivity contribution in [2.75, 3.05) is 25.4 Å². The van der Waals surface area contributed by atoms with Crippen LogP contribution in [0.3, 0.4) is 0 Å². The molecule has 1 spiro atoms. The van der Waals surface area contributed by atoms with E-state index in [0.717, 1.165) is 31.9 Å². The van der Waals surface area contributed by atoms with Crippen LogP contribution in [0.5, 0.6) is 0 Å². The summed E-state index contributed by atoms with van der Waals surface area (Å²) in [5.74, 6) is 1.50. The molecule has 0 aromatic carbocycles. The van der Waals surface area contributed by atoms with E-state index in [1.54, 1.807) is 12.1 Å². The molecule has 3 rings (SSSR count). The molecule has 0 radical (unpaired) electrons. The van der Waals surface area contributed by atoms with Gasteiger partial charge in [-0.25, -0.2) is 0 Å². The highest BCUT2D eigenvalue weighted by atomic mass is 32.2. The SMILES string of the molecule is CCOC1CSC2(C1)CN(C(=O)c1ccco1)C2. The highest BCUT2D eigenvalue weighted by Gasteiger charge is 2.51. The molecule has 1 aromatic rings. The first-order valence-corrected chi connectivity index (χ1v) is 7.29. The van der Waals surface area contributed by atoms with Gasteiger partial charge < -0.3 is 14.1 Å². The Labute approximate surface area is 111 Å². The summed E-state index contributed by atoms with van der Waals surface area (Å²) >= 11 is 1.95. The van der Waals surface area contributed by atoms with Crippen molar-refractivity contribution in [3.8, 4) is 0 Å². The quantitative estimate of drug-likeness (QED) is 0.840. The van der Waals surface area contributed by atoms with Gasteiger partial charge in [0.15, 0.2) is 5.76 Å². The summed E-state index contributed by atoms with van der Waals surface area (Å²) in [7, 11) is 0. The second kappa shape index (κ2) is 4.63. The fourth-order valence-electron chi connectivity index (χ4n) is 2.71. The van der Waals surface area contributed by atoms with Gasteiger partial charge in [0.25, 0.3) is 5.91 Å². The van der Waals surface area contributed by atoms with E-state index in [9.17, 15) is 4.79 Å². The Morgan fingerprint density at radius 1 is 1.67 bits per heavy atom. The Bertz CT molecular complexity index is 425. The summed E-state index contributed by atoms with van der Waals surface area (Å²) in [4.78, 5) is 13.9. The first-order chi connectivity index (χ1) is 8.72. The van der Waals surface area contributed by atoms with Crippen LogP contribution in [0.15, 0.2) is 22.8 Å². The summed E-state index contributed by atoms with van der Waals surface area (Å²) in [6.45, 7) is 4.45. The van der Waals surface area contributed by atoms with E-state index in [-0.39, 0.29) is 10.7 Å². The summed E-state index contributed by atoms with van der Waals surface area (Å²) in [6.07, 6.45) is 2.96. The Kier molecular flexibility index (Phi) is 3.11. The number of hydrogen-bond acceptors (Lipinski definition) is 4. The van der Waals surface area contributed by atoms with Crippen LogP contribution in [0, 0.1) is 0 Å².